The highest BCUT2D eigenvalue weighted by atomic mass is 32.2. The van der Waals surface area contributed by atoms with Crippen molar-refractivity contribution in [2.24, 2.45) is 20.5 Å². The molecule has 1 fully saturated rings. The van der Waals surface area contributed by atoms with Crippen LogP contribution >= 0.6 is 34.8 Å². The molecule has 0 radical (unpaired) electrons. The number of benzene rings is 4. The van der Waals surface area contributed by atoms with Crippen molar-refractivity contribution in [1.29, 1.82) is 10.5 Å². The topological polar surface area (TPSA) is 301 Å². The highest BCUT2D eigenvalue weighted by molar-refractivity contribution is 7.99. The molecule has 0 spiro atoms. The molecule has 398 valence electrons. The van der Waals surface area contributed by atoms with Crippen LogP contribution in [0, 0.1) is 36.5 Å². The number of anilines is 6. The van der Waals surface area contributed by atoms with Crippen LogP contribution < -0.4 is 20.4 Å². The molecule has 0 amide bonds. The highest BCUT2D eigenvalue weighted by Gasteiger charge is 2.24. The van der Waals surface area contributed by atoms with E-state index in [4.69, 9.17) is 15.0 Å². The lowest BCUT2D eigenvalue weighted by atomic mass is 10.0. The first-order valence-electron chi connectivity index (χ1n) is 24.5. The third-order valence-electron chi connectivity index (χ3n) is 12.7. The van der Waals surface area contributed by atoms with E-state index in [1.165, 1.54) is 24.3 Å². The largest absolute Gasteiger partial charge is 0.372 e. The Kier molecular flexibility index (Phi) is 17.7. The summed E-state index contributed by atoms with van der Waals surface area (Å²) < 4.78 is 77.1. The predicted molar refractivity (Wildman–Crippen MR) is 301 cm³/mol. The van der Waals surface area contributed by atoms with Crippen LogP contribution in [0.1, 0.15) is 82.1 Å². The summed E-state index contributed by atoms with van der Waals surface area (Å²) in [5, 5.41) is 46.7. The van der Waals surface area contributed by atoms with Crippen molar-refractivity contribution in [2.75, 3.05) is 46.6 Å². The first kappa shape index (κ1) is 55.9. The van der Waals surface area contributed by atoms with E-state index in [-0.39, 0.29) is 59.5 Å². The van der Waals surface area contributed by atoms with Gasteiger partial charge in [0.25, 0.3) is 20.2 Å². The number of aromatic nitrogens is 5. The summed E-state index contributed by atoms with van der Waals surface area (Å²) in [6.07, 6.45) is 5.34. The van der Waals surface area contributed by atoms with Crippen LogP contribution in [-0.4, -0.2) is 81.1 Å². The molecule has 0 unspecified atom stereocenters. The number of nitrogens with zero attached hydrogens (tertiary/aromatic N) is 13. The van der Waals surface area contributed by atoms with Crippen LogP contribution in [0.15, 0.2) is 108 Å². The molecule has 3 heterocycles. The fourth-order valence-corrected chi connectivity index (χ4v) is 12.6. The predicted octanol–water partition coefficient (Wildman–Crippen LogP) is 13.4. The van der Waals surface area contributed by atoms with Gasteiger partial charge in [-0.3, -0.25) is 9.11 Å². The number of nitrogens with one attached hydrogen (secondary N) is 2. The van der Waals surface area contributed by atoms with Gasteiger partial charge in [-0.1, -0.05) is 55.3 Å². The minimum Gasteiger partial charge on any atom is -0.372 e. The summed E-state index contributed by atoms with van der Waals surface area (Å²) in [7, 11) is -9.10. The van der Waals surface area contributed by atoms with E-state index < -0.39 is 20.2 Å². The lowest BCUT2D eigenvalue weighted by molar-refractivity contribution is 0.480. The second kappa shape index (κ2) is 24.4. The van der Waals surface area contributed by atoms with Gasteiger partial charge in [0.05, 0.1) is 21.2 Å². The fraction of sp³-hybridized carbons (Fsp3) is 0.314. The summed E-state index contributed by atoms with van der Waals surface area (Å²) in [4.78, 5) is 18.5. The zero-order valence-electron chi connectivity index (χ0n) is 42.8. The SMILES string of the molecule is CCN(CC)c1ccc(/N=N/c2snc(-c3ccc(C)c(S(=O)(=O)O)c3)c2C#N)c(Nc2nc(Nc3cc(N(CC)CC)ccc3/N=N/c3snc(-c4ccc(C)c(S(=O)(=O)O)c4)c3C#N)nc(SC3CCCCC3)n2)c1. The molecule has 4 aromatic carbocycles. The Morgan fingerprint density at radius 1 is 0.623 bits per heavy atom. The second-order valence-electron chi connectivity index (χ2n) is 17.6. The smallest absolute Gasteiger partial charge is 0.294 e. The first-order valence-corrected chi connectivity index (χ1v) is 29.8. The summed E-state index contributed by atoms with van der Waals surface area (Å²) in [6, 6.07) is 24.3. The van der Waals surface area contributed by atoms with Crippen LogP contribution in [0.3, 0.4) is 0 Å². The van der Waals surface area contributed by atoms with Crippen LogP contribution in [0.2, 0.25) is 0 Å². The van der Waals surface area contributed by atoms with E-state index in [1.807, 2.05) is 24.3 Å². The molecule has 0 saturated heterocycles. The van der Waals surface area contributed by atoms with E-state index >= 15 is 0 Å². The van der Waals surface area contributed by atoms with E-state index in [9.17, 15) is 36.5 Å². The summed E-state index contributed by atoms with van der Waals surface area (Å²) in [5.74, 6) is 0.376. The molecule has 8 rings (SSSR count). The van der Waals surface area contributed by atoms with Crippen LogP contribution in [0.25, 0.3) is 22.5 Å². The number of thioether (sulfide) groups is 1. The molecule has 7 aromatic rings. The summed E-state index contributed by atoms with van der Waals surface area (Å²) in [6.45, 7) is 14.2. The van der Waals surface area contributed by atoms with Gasteiger partial charge in [-0.2, -0.15) is 51.1 Å². The van der Waals surface area contributed by atoms with Crippen LogP contribution in [0.5, 0.6) is 0 Å². The molecular formula is C51H53N15O6S5. The quantitative estimate of drug-likeness (QED) is 0.0407. The van der Waals surface area contributed by atoms with Crippen LogP contribution in [-0.2, 0) is 20.2 Å². The Hall–Kier alpha value is -7.30. The van der Waals surface area contributed by atoms with E-state index in [0.29, 0.717) is 76.3 Å². The minimum absolute atomic E-state index is 0.0705. The average molecular weight is 1130 g/mol. The zero-order chi connectivity index (χ0) is 55.0. The lowest BCUT2D eigenvalue weighted by Gasteiger charge is -2.23. The van der Waals surface area contributed by atoms with Crippen molar-refractivity contribution in [3.8, 4) is 34.7 Å². The summed E-state index contributed by atoms with van der Waals surface area (Å²) >= 11 is 3.40. The lowest BCUT2D eigenvalue weighted by Crippen LogP contribution is -2.21. The normalized spacial score (nSPS) is 13.2. The molecule has 3 aromatic heterocycles. The Morgan fingerprint density at radius 3 is 1.44 bits per heavy atom. The molecule has 26 heteroatoms. The Labute approximate surface area is 459 Å². The van der Waals surface area contributed by atoms with Crippen molar-refractivity contribution in [3.05, 3.63) is 95.1 Å². The third kappa shape index (κ3) is 13.1. The van der Waals surface area contributed by atoms with Crippen molar-refractivity contribution >= 4 is 111 Å². The van der Waals surface area contributed by atoms with Gasteiger partial charge in [-0.05, 0) is 137 Å². The second-order valence-corrected chi connectivity index (χ2v) is 23.1. The van der Waals surface area contributed by atoms with Crippen LogP contribution in [0.4, 0.5) is 56.0 Å². The molecule has 0 aliphatic heterocycles. The third-order valence-corrected chi connectivity index (χ3v) is 17.4. The molecule has 1 saturated carbocycles. The van der Waals surface area contributed by atoms with Crippen molar-refractivity contribution in [2.45, 2.75) is 93.8 Å². The average Bonchev–Trinajstić information content (AvgIpc) is 4.03. The molecular weight excluding hydrogens is 1080 g/mol. The standard InChI is InChI=1S/C51H53N15O6S5/c1-7-65(8-2)34-20-22-39(59-61-47-37(28-52)45(63-74-47)32-18-16-30(5)43(24-32)76(67,68)69)41(26-34)54-49-56-50(58-51(57-49)73-36-14-12-11-13-15-36)55-42-27-35(66(9-3)10-4)21-23-40(42)60-62-48-38(29-53)46(64-75-48)33-19-17-31(6)44(25-33)77(70,71)72/h16-27,36H,7-15H2,1-6H3,(H,67,68,69)(H,70,71,72)(H2,54,55,56,57,58)/b61-59+,62-60+. The van der Waals surface area contributed by atoms with Gasteiger partial charge in [-0.25, -0.2) is 0 Å². The van der Waals surface area contributed by atoms with Gasteiger partial charge in [0.15, 0.2) is 15.2 Å². The van der Waals surface area contributed by atoms with Gasteiger partial charge in [0.1, 0.15) is 46.0 Å². The molecule has 21 nitrogen and oxygen atoms in total. The van der Waals surface area contributed by atoms with E-state index in [2.05, 4.69) is 89.5 Å². The Bertz CT molecular complexity index is 3480. The van der Waals surface area contributed by atoms with Gasteiger partial charge < -0.3 is 20.4 Å². The van der Waals surface area contributed by atoms with Crippen molar-refractivity contribution in [1.82, 2.24) is 23.7 Å². The van der Waals surface area contributed by atoms with E-state index in [0.717, 1.165) is 66.5 Å². The van der Waals surface area contributed by atoms with E-state index in [1.54, 1.807) is 49.9 Å². The van der Waals surface area contributed by atoms with Gasteiger partial charge >= 0.3 is 0 Å². The van der Waals surface area contributed by atoms with Crippen molar-refractivity contribution in [3.63, 3.8) is 0 Å². The molecule has 77 heavy (non-hydrogen) atoms. The number of hydrogen-bond donors (Lipinski definition) is 4. The number of rotatable bonds is 20. The highest BCUT2D eigenvalue weighted by Crippen LogP contribution is 2.42. The number of azo groups is 2. The Balaban J connectivity index is 1.18. The van der Waals surface area contributed by atoms with Gasteiger partial charge in [0, 0.05) is 53.9 Å². The zero-order valence-corrected chi connectivity index (χ0v) is 46.8. The molecule has 1 aliphatic carbocycles. The molecule has 1 aliphatic rings. The number of aryl methyl sites for hydroxylation is 2. The maximum atomic E-state index is 12.1. The molecule has 0 atom stereocenters. The maximum absolute atomic E-state index is 12.1. The molecule has 0 bridgehead atoms. The molecule has 4 N–H and O–H groups in total. The minimum atomic E-state index is -4.55. The Morgan fingerprint density at radius 2 is 1.05 bits per heavy atom. The fourth-order valence-electron chi connectivity index (χ4n) is 8.63. The van der Waals surface area contributed by atoms with Gasteiger partial charge in [-0.15, -0.1) is 20.5 Å². The number of nitriles is 2. The summed E-state index contributed by atoms with van der Waals surface area (Å²) in [5.41, 5.74) is 5.27. The van der Waals surface area contributed by atoms with Gasteiger partial charge in [0.2, 0.25) is 11.9 Å². The maximum Gasteiger partial charge on any atom is 0.294 e. The monoisotopic (exact) mass is 1130 g/mol. The number of hydrogen-bond acceptors (Lipinski definition) is 22. The van der Waals surface area contributed by atoms with Crippen molar-refractivity contribution < 1.29 is 25.9 Å². The first-order chi connectivity index (χ1) is 36.9.